The van der Waals surface area contributed by atoms with Crippen molar-refractivity contribution in [2.75, 3.05) is 0 Å². The summed E-state index contributed by atoms with van der Waals surface area (Å²) in [6.45, 7) is 2.05. The fourth-order valence-electron chi connectivity index (χ4n) is 2.34. The van der Waals surface area contributed by atoms with Crippen molar-refractivity contribution in [3.63, 3.8) is 0 Å². The van der Waals surface area contributed by atoms with E-state index >= 15 is 0 Å². The van der Waals surface area contributed by atoms with E-state index < -0.39 is 0 Å². The van der Waals surface area contributed by atoms with E-state index in [2.05, 4.69) is 16.6 Å². The number of rotatable bonds is 4. The lowest BCUT2D eigenvalue weighted by molar-refractivity contribution is 0.0955. The minimum Gasteiger partial charge on any atom is -0.316 e. The Labute approximate surface area is 145 Å². The minimum absolute atomic E-state index is 0.281. The maximum atomic E-state index is 12.0. The molecule has 24 heavy (non-hydrogen) atoms. The number of hydrogen-bond donors (Lipinski definition) is 1. The predicted molar refractivity (Wildman–Crippen MR) is 97.0 cm³/mol. The summed E-state index contributed by atoms with van der Waals surface area (Å²) in [4.78, 5) is 12.0. The predicted octanol–water partition coefficient (Wildman–Crippen LogP) is 4.20. The van der Waals surface area contributed by atoms with E-state index in [9.17, 15) is 4.79 Å². The lowest BCUT2D eigenvalue weighted by Gasteiger charge is -2.07. The second-order valence-electron chi connectivity index (χ2n) is 5.35. The molecule has 4 nitrogen and oxygen atoms in total. The number of aryl methyl sites for hydroxylation is 1. The number of halogens is 1. The SMILES string of the molecule is Cc1cccc(-n2cccc2/C=N\NC(=O)c2ccc(Cl)cc2)c1. The largest absolute Gasteiger partial charge is 0.316 e. The summed E-state index contributed by atoms with van der Waals surface area (Å²) in [5, 5.41) is 4.63. The summed E-state index contributed by atoms with van der Waals surface area (Å²) in [6, 6.07) is 18.7. The van der Waals surface area contributed by atoms with Crippen LogP contribution in [0.1, 0.15) is 21.6 Å². The van der Waals surface area contributed by atoms with Gasteiger partial charge in [0.2, 0.25) is 0 Å². The summed E-state index contributed by atoms with van der Waals surface area (Å²) < 4.78 is 2.00. The Morgan fingerprint density at radius 1 is 1.12 bits per heavy atom. The number of carbonyl (C=O) groups is 1. The highest BCUT2D eigenvalue weighted by Crippen LogP contribution is 2.13. The second-order valence-corrected chi connectivity index (χ2v) is 5.78. The topological polar surface area (TPSA) is 46.4 Å². The third-order valence-electron chi connectivity index (χ3n) is 3.53. The van der Waals surface area contributed by atoms with Gasteiger partial charge in [0.05, 0.1) is 11.9 Å². The number of amides is 1. The molecule has 0 fully saturated rings. The fraction of sp³-hybridized carbons (Fsp3) is 0.0526. The lowest BCUT2D eigenvalue weighted by atomic mass is 10.2. The zero-order valence-electron chi connectivity index (χ0n) is 13.1. The van der Waals surface area contributed by atoms with E-state index in [4.69, 9.17) is 11.6 Å². The molecule has 1 heterocycles. The van der Waals surface area contributed by atoms with Crippen LogP contribution in [0, 0.1) is 6.92 Å². The molecule has 5 heteroatoms. The molecule has 3 aromatic rings. The van der Waals surface area contributed by atoms with Gasteiger partial charge >= 0.3 is 0 Å². The Morgan fingerprint density at radius 3 is 2.67 bits per heavy atom. The van der Waals surface area contributed by atoms with Crippen molar-refractivity contribution in [2.45, 2.75) is 6.92 Å². The molecule has 1 N–H and O–H groups in total. The molecule has 0 radical (unpaired) electrons. The van der Waals surface area contributed by atoms with Gasteiger partial charge in [-0.25, -0.2) is 5.43 Å². The first-order valence-electron chi connectivity index (χ1n) is 7.47. The molecule has 0 aliphatic rings. The molecule has 0 spiro atoms. The summed E-state index contributed by atoms with van der Waals surface area (Å²) >= 11 is 5.81. The second kappa shape index (κ2) is 7.15. The van der Waals surface area contributed by atoms with Crippen LogP contribution in [-0.4, -0.2) is 16.7 Å². The zero-order valence-corrected chi connectivity index (χ0v) is 13.9. The first-order chi connectivity index (χ1) is 11.6. The van der Waals surface area contributed by atoms with Crippen LogP contribution in [-0.2, 0) is 0 Å². The first-order valence-corrected chi connectivity index (χ1v) is 7.85. The van der Waals surface area contributed by atoms with Gasteiger partial charge in [0.1, 0.15) is 0 Å². The van der Waals surface area contributed by atoms with Crippen LogP contribution in [0.2, 0.25) is 5.02 Å². The molecule has 0 aliphatic carbocycles. The molecule has 120 valence electrons. The van der Waals surface area contributed by atoms with Crippen molar-refractivity contribution in [3.8, 4) is 5.69 Å². The highest BCUT2D eigenvalue weighted by Gasteiger charge is 2.04. The molecule has 2 aromatic carbocycles. The van der Waals surface area contributed by atoms with E-state index in [1.54, 1.807) is 30.5 Å². The Bertz CT molecular complexity index is 882. The summed E-state index contributed by atoms with van der Waals surface area (Å²) in [5.41, 5.74) is 6.13. The number of nitrogens with one attached hydrogen (secondary N) is 1. The van der Waals surface area contributed by atoms with Crippen molar-refractivity contribution in [1.29, 1.82) is 0 Å². The highest BCUT2D eigenvalue weighted by molar-refractivity contribution is 6.30. The summed E-state index contributed by atoms with van der Waals surface area (Å²) in [7, 11) is 0. The summed E-state index contributed by atoms with van der Waals surface area (Å²) in [5.74, 6) is -0.281. The number of hydrogen-bond acceptors (Lipinski definition) is 2. The normalized spacial score (nSPS) is 10.9. The third-order valence-corrected chi connectivity index (χ3v) is 3.78. The monoisotopic (exact) mass is 337 g/mol. The van der Waals surface area contributed by atoms with E-state index in [1.165, 1.54) is 5.56 Å². The Kier molecular flexibility index (Phi) is 4.77. The van der Waals surface area contributed by atoms with E-state index in [-0.39, 0.29) is 5.91 Å². The Balaban J connectivity index is 1.73. The molecule has 0 bridgehead atoms. The van der Waals surface area contributed by atoms with Crippen LogP contribution in [0.25, 0.3) is 5.69 Å². The lowest BCUT2D eigenvalue weighted by Crippen LogP contribution is -2.17. The van der Waals surface area contributed by atoms with Gasteiger partial charge < -0.3 is 4.57 Å². The highest BCUT2D eigenvalue weighted by atomic mass is 35.5. The van der Waals surface area contributed by atoms with Gasteiger partial charge in [-0.15, -0.1) is 0 Å². The molecular weight excluding hydrogens is 322 g/mol. The van der Waals surface area contributed by atoms with Gasteiger partial charge in [0.25, 0.3) is 5.91 Å². The quantitative estimate of drug-likeness (QED) is 0.562. The number of nitrogens with zero attached hydrogens (tertiary/aromatic N) is 2. The van der Waals surface area contributed by atoms with Crippen molar-refractivity contribution >= 4 is 23.7 Å². The van der Waals surface area contributed by atoms with Crippen LogP contribution in [0.5, 0.6) is 0 Å². The molecule has 0 saturated heterocycles. The van der Waals surface area contributed by atoms with Gasteiger partial charge in [-0.2, -0.15) is 5.10 Å². The number of hydrazone groups is 1. The van der Waals surface area contributed by atoms with Crippen LogP contribution < -0.4 is 5.43 Å². The average Bonchev–Trinajstić information content (AvgIpc) is 3.04. The molecule has 1 amide bonds. The maximum Gasteiger partial charge on any atom is 0.271 e. The third kappa shape index (κ3) is 3.73. The molecule has 0 atom stereocenters. The van der Waals surface area contributed by atoms with E-state index in [0.29, 0.717) is 10.6 Å². The van der Waals surface area contributed by atoms with Crippen molar-refractivity contribution in [1.82, 2.24) is 9.99 Å². The molecule has 0 unspecified atom stereocenters. The van der Waals surface area contributed by atoms with Crippen LogP contribution in [0.3, 0.4) is 0 Å². The molecule has 0 saturated carbocycles. The first kappa shape index (κ1) is 16.0. The van der Waals surface area contributed by atoms with Crippen molar-refractivity contribution < 1.29 is 4.79 Å². The smallest absolute Gasteiger partial charge is 0.271 e. The molecular formula is C19H16ClN3O. The summed E-state index contributed by atoms with van der Waals surface area (Å²) in [6.07, 6.45) is 3.58. The molecule has 1 aromatic heterocycles. The van der Waals surface area contributed by atoms with Gasteiger partial charge in [-0.1, -0.05) is 23.7 Å². The van der Waals surface area contributed by atoms with Gasteiger partial charge in [0.15, 0.2) is 0 Å². The van der Waals surface area contributed by atoms with E-state index in [1.807, 2.05) is 48.0 Å². The molecule has 3 rings (SSSR count). The Morgan fingerprint density at radius 2 is 1.92 bits per heavy atom. The zero-order chi connectivity index (χ0) is 16.9. The standard InChI is InChI=1S/C19H16ClN3O/c1-14-4-2-5-17(12-14)23-11-3-6-18(23)13-21-22-19(24)15-7-9-16(20)10-8-15/h2-13H,1H3,(H,22,24)/b21-13-. The maximum absolute atomic E-state index is 12.0. The number of aromatic nitrogens is 1. The molecule has 0 aliphatic heterocycles. The van der Waals surface area contributed by atoms with Crippen molar-refractivity contribution in [2.24, 2.45) is 5.10 Å². The fourth-order valence-corrected chi connectivity index (χ4v) is 2.46. The number of carbonyl (C=O) groups excluding carboxylic acids is 1. The van der Waals surface area contributed by atoms with Gasteiger partial charge in [-0.3, -0.25) is 4.79 Å². The van der Waals surface area contributed by atoms with Crippen LogP contribution in [0.15, 0.2) is 72.0 Å². The van der Waals surface area contributed by atoms with Crippen LogP contribution in [0.4, 0.5) is 0 Å². The van der Waals surface area contributed by atoms with Gasteiger partial charge in [-0.05, 0) is 61.0 Å². The van der Waals surface area contributed by atoms with E-state index in [0.717, 1.165) is 11.4 Å². The van der Waals surface area contributed by atoms with Gasteiger partial charge in [0, 0.05) is 22.5 Å². The Hall–Kier alpha value is -2.85. The minimum atomic E-state index is -0.281. The number of benzene rings is 2. The van der Waals surface area contributed by atoms with Crippen LogP contribution >= 0.6 is 11.6 Å². The average molecular weight is 338 g/mol. The van der Waals surface area contributed by atoms with Crippen molar-refractivity contribution in [3.05, 3.63) is 88.7 Å².